The van der Waals surface area contributed by atoms with E-state index in [4.69, 9.17) is 8.94 Å². The lowest BCUT2D eigenvalue weighted by atomic mass is 10.2. The molecule has 2 amide bonds. The summed E-state index contributed by atoms with van der Waals surface area (Å²) in [5.41, 5.74) is 0. The topological polar surface area (TPSA) is 101 Å². The van der Waals surface area contributed by atoms with Gasteiger partial charge in [0.15, 0.2) is 5.76 Å². The standard InChI is InChI=1S/C15H20N4O4/c1-3-16-12(20)10-19(4-2)14(21)8-7-13-17-15(18-23-13)11-6-5-9-22-11/h5-6,9H,3-4,7-8,10H2,1-2H3,(H,16,20). The predicted molar refractivity (Wildman–Crippen MR) is 81.3 cm³/mol. The van der Waals surface area contributed by atoms with Crippen LogP contribution in [0.25, 0.3) is 11.6 Å². The lowest BCUT2D eigenvalue weighted by Crippen LogP contribution is -2.40. The molecule has 1 N–H and O–H groups in total. The molecule has 0 atom stereocenters. The quantitative estimate of drug-likeness (QED) is 0.785. The summed E-state index contributed by atoms with van der Waals surface area (Å²) in [4.78, 5) is 29.4. The summed E-state index contributed by atoms with van der Waals surface area (Å²) < 4.78 is 10.3. The van der Waals surface area contributed by atoms with Gasteiger partial charge in [-0.15, -0.1) is 0 Å². The van der Waals surface area contributed by atoms with Gasteiger partial charge in [-0.25, -0.2) is 0 Å². The largest absolute Gasteiger partial charge is 0.461 e. The van der Waals surface area contributed by atoms with Crippen molar-refractivity contribution in [2.75, 3.05) is 19.6 Å². The fourth-order valence-electron chi connectivity index (χ4n) is 2.04. The third-order valence-corrected chi connectivity index (χ3v) is 3.21. The van der Waals surface area contributed by atoms with Crippen LogP contribution >= 0.6 is 0 Å². The average Bonchev–Trinajstić information content (AvgIpc) is 3.21. The van der Waals surface area contributed by atoms with Gasteiger partial charge in [0, 0.05) is 25.9 Å². The van der Waals surface area contributed by atoms with Gasteiger partial charge >= 0.3 is 0 Å². The van der Waals surface area contributed by atoms with E-state index < -0.39 is 0 Å². The zero-order valence-corrected chi connectivity index (χ0v) is 13.2. The Morgan fingerprint density at radius 3 is 2.83 bits per heavy atom. The maximum atomic E-state index is 12.2. The summed E-state index contributed by atoms with van der Waals surface area (Å²) in [6.07, 6.45) is 2.04. The van der Waals surface area contributed by atoms with E-state index in [1.165, 1.54) is 11.2 Å². The van der Waals surface area contributed by atoms with Gasteiger partial charge in [0.2, 0.25) is 23.5 Å². The van der Waals surface area contributed by atoms with Crippen LogP contribution in [0.15, 0.2) is 27.3 Å². The van der Waals surface area contributed by atoms with Crippen LogP contribution in [0.3, 0.4) is 0 Å². The van der Waals surface area contributed by atoms with Gasteiger partial charge in [0.1, 0.15) is 0 Å². The van der Waals surface area contributed by atoms with Crippen LogP contribution in [0, 0.1) is 0 Å². The number of aryl methyl sites for hydroxylation is 1. The van der Waals surface area contributed by atoms with Gasteiger partial charge in [-0.05, 0) is 26.0 Å². The summed E-state index contributed by atoms with van der Waals surface area (Å²) in [5, 5.41) is 6.48. The molecule has 124 valence electrons. The third kappa shape index (κ3) is 4.67. The minimum absolute atomic E-state index is 0.0602. The Labute approximate surface area is 133 Å². The zero-order chi connectivity index (χ0) is 16.7. The van der Waals surface area contributed by atoms with E-state index in [9.17, 15) is 9.59 Å². The van der Waals surface area contributed by atoms with Crippen molar-refractivity contribution in [3.05, 3.63) is 24.3 Å². The molecular formula is C15H20N4O4. The van der Waals surface area contributed by atoms with Gasteiger partial charge in [-0.1, -0.05) is 5.16 Å². The van der Waals surface area contributed by atoms with Gasteiger partial charge in [0.05, 0.1) is 12.8 Å². The van der Waals surface area contributed by atoms with E-state index in [1.54, 1.807) is 12.1 Å². The highest BCUT2D eigenvalue weighted by molar-refractivity contribution is 5.84. The van der Waals surface area contributed by atoms with E-state index in [1.807, 2.05) is 13.8 Å². The number of hydrogen-bond donors (Lipinski definition) is 1. The Morgan fingerprint density at radius 2 is 2.17 bits per heavy atom. The highest BCUT2D eigenvalue weighted by atomic mass is 16.5. The number of carbonyl (C=O) groups is 2. The molecule has 2 heterocycles. The molecule has 0 bridgehead atoms. The smallest absolute Gasteiger partial charge is 0.239 e. The predicted octanol–water partition coefficient (Wildman–Crippen LogP) is 1.25. The molecule has 2 aromatic heterocycles. The number of aromatic nitrogens is 2. The van der Waals surface area contributed by atoms with Crippen LogP contribution in [0.1, 0.15) is 26.2 Å². The molecule has 0 aliphatic rings. The van der Waals surface area contributed by atoms with Crippen molar-refractivity contribution in [2.24, 2.45) is 0 Å². The van der Waals surface area contributed by atoms with Crippen molar-refractivity contribution in [1.29, 1.82) is 0 Å². The summed E-state index contributed by atoms with van der Waals surface area (Å²) in [6.45, 7) is 4.74. The highest BCUT2D eigenvalue weighted by Crippen LogP contribution is 2.16. The van der Waals surface area contributed by atoms with Gasteiger partial charge in [0.25, 0.3) is 0 Å². The molecule has 8 heteroatoms. The number of amides is 2. The van der Waals surface area contributed by atoms with E-state index in [2.05, 4.69) is 15.5 Å². The fourth-order valence-corrected chi connectivity index (χ4v) is 2.04. The van der Waals surface area contributed by atoms with Crippen molar-refractivity contribution in [3.8, 4) is 11.6 Å². The number of nitrogens with one attached hydrogen (secondary N) is 1. The molecule has 0 radical (unpaired) electrons. The first-order chi connectivity index (χ1) is 11.1. The monoisotopic (exact) mass is 320 g/mol. The molecule has 0 spiro atoms. The first-order valence-electron chi connectivity index (χ1n) is 7.55. The van der Waals surface area contributed by atoms with Crippen LogP contribution < -0.4 is 5.32 Å². The first-order valence-corrected chi connectivity index (χ1v) is 7.55. The fraction of sp³-hybridized carbons (Fsp3) is 0.467. The lowest BCUT2D eigenvalue weighted by molar-refractivity contribution is -0.135. The Morgan fingerprint density at radius 1 is 1.35 bits per heavy atom. The Bertz CT molecular complexity index is 636. The molecule has 2 aromatic rings. The van der Waals surface area contributed by atoms with E-state index in [0.717, 1.165) is 0 Å². The van der Waals surface area contributed by atoms with Crippen LogP contribution in [0.5, 0.6) is 0 Å². The number of carbonyl (C=O) groups excluding carboxylic acids is 2. The first kappa shape index (κ1) is 16.7. The van der Waals surface area contributed by atoms with E-state index in [0.29, 0.717) is 37.0 Å². The second kappa shape index (κ2) is 8.11. The Kier molecular flexibility index (Phi) is 5.90. The van der Waals surface area contributed by atoms with Crippen molar-refractivity contribution in [3.63, 3.8) is 0 Å². The molecule has 0 saturated carbocycles. The molecule has 0 fully saturated rings. The van der Waals surface area contributed by atoms with Crippen molar-refractivity contribution >= 4 is 11.8 Å². The molecule has 0 saturated heterocycles. The molecule has 2 rings (SSSR count). The van der Waals surface area contributed by atoms with Crippen molar-refractivity contribution in [1.82, 2.24) is 20.4 Å². The molecule has 0 aliphatic carbocycles. The van der Waals surface area contributed by atoms with Gasteiger partial charge < -0.3 is 19.2 Å². The maximum Gasteiger partial charge on any atom is 0.239 e. The van der Waals surface area contributed by atoms with Crippen LogP contribution in [-0.4, -0.2) is 46.5 Å². The SMILES string of the molecule is CCNC(=O)CN(CC)C(=O)CCc1nc(-c2ccco2)no1. The second-order valence-corrected chi connectivity index (χ2v) is 4.85. The maximum absolute atomic E-state index is 12.2. The molecule has 8 nitrogen and oxygen atoms in total. The second-order valence-electron chi connectivity index (χ2n) is 4.85. The minimum atomic E-state index is -0.166. The molecule has 0 aromatic carbocycles. The Balaban J connectivity index is 1.86. The van der Waals surface area contributed by atoms with Crippen LogP contribution in [0.2, 0.25) is 0 Å². The number of rotatable bonds is 8. The summed E-state index contributed by atoms with van der Waals surface area (Å²) in [5.74, 6) is 0.931. The van der Waals surface area contributed by atoms with Crippen molar-refractivity contribution < 1.29 is 18.5 Å². The number of likely N-dealkylation sites (N-methyl/N-ethyl adjacent to an activating group) is 2. The minimum Gasteiger partial charge on any atom is -0.461 e. The molecule has 23 heavy (non-hydrogen) atoms. The summed E-state index contributed by atoms with van der Waals surface area (Å²) in [6, 6.07) is 3.46. The number of nitrogens with zero attached hydrogens (tertiary/aromatic N) is 3. The van der Waals surface area contributed by atoms with Crippen LogP contribution in [-0.2, 0) is 16.0 Å². The van der Waals surface area contributed by atoms with Gasteiger partial charge in [-0.3, -0.25) is 9.59 Å². The zero-order valence-electron chi connectivity index (χ0n) is 13.2. The Hall–Kier alpha value is -2.64. The van der Waals surface area contributed by atoms with Crippen molar-refractivity contribution in [2.45, 2.75) is 26.7 Å². The molecular weight excluding hydrogens is 300 g/mol. The lowest BCUT2D eigenvalue weighted by Gasteiger charge is -2.19. The molecule has 0 aliphatic heterocycles. The third-order valence-electron chi connectivity index (χ3n) is 3.21. The van der Waals surface area contributed by atoms with E-state index in [-0.39, 0.29) is 24.8 Å². The normalized spacial score (nSPS) is 10.5. The van der Waals surface area contributed by atoms with Crippen LogP contribution in [0.4, 0.5) is 0 Å². The summed E-state index contributed by atoms with van der Waals surface area (Å²) >= 11 is 0. The highest BCUT2D eigenvalue weighted by Gasteiger charge is 2.17. The van der Waals surface area contributed by atoms with E-state index >= 15 is 0 Å². The number of hydrogen-bond acceptors (Lipinski definition) is 6. The summed E-state index contributed by atoms with van der Waals surface area (Å²) in [7, 11) is 0. The average molecular weight is 320 g/mol. The van der Waals surface area contributed by atoms with Gasteiger partial charge in [-0.2, -0.15) is 4.98 Å². The number of furan rings is 1. The molecule has 0 unspecified atom stereocenters.